The number of piperidine rings is 1. The summed E-state index contributed by atoms with van der Waals surface area (Å²) in [5.74, 6) is 0.178. The lowest BCUT2D eigenvalue weighted by molar-refractivity contribution is -0.165. The molecule has 5 heteroatoms. The third-order valence-corrected chi connectivity index (χ3v) is 6.29. The fourth-order valence-electron chi connectivity index (χ4n) is 5.59. The monoisotopic (exact) mass is 380 g/mol. The van der Waals surface area contributed by atoms with E-state index >= 15 is 0 Å². The quantitative estimate of drug-likeness (QED) is 0.511. The average Bonchev–Trinajstić information content (AvgIpc) is 3.29. The molecule has 3 aliphatic heterocycles. The minimum atomic E-state index is -0.717. The number of amides is 1. The summed E-state index contributed by atoms with van der Waals surface area (Å²) in [6, 6.07) is 0. The van der Waals surface area contributed by atoms with E-state index in [0.717, 1.165) is 32.3 Å². The van der Waals surface area contributed by atoms with Crippen LogP contribution < -0.4 is 5.32 Å². The maximum atomic E-state index is 13.7. The van der Waals surface area contributed by atoms with Gasteiger partial charge in [0.05, 0.1) is 19.3 Å². The van der Waals surface area contributed by atoms with Crippen molar-refractivity contribution in [3.63, 3.8) is 0 Å². The number of unbranched alkanes of at least 4 members (excludes halogenated alkanes) is 4. The molecule has 2 atom stereocenters. The maximum Gasteiger partial charge on any atom is 0.257 e. The maximum absolute atomic E-state index is 13.7. The van der Waals surface area contributed by atoms with Gasteiger partial charge in [0.15, 0.2) is 5.60 Å². The number of hydrogen-bond donors (Lipinski definition) is 1. The summed E-state index contributed by atoms with van der Waals surface area (Å²) in [7, 11) is 0. The lowest BCUT2D eigenvalue weighted by Gasteiger charge is -2.50. The van der Waals surface area contributed by atoms with Gasteiger partial charge in [0, 0.05) is 23.9 Å². The van der Waals surface area contributed by atoms with Gasteiger partial charge in [0.1, 0.15) is 5.72 Å². The molecule has 3 heterocycles. The summed E-state index contributed by atoms with van der Waals surface area (Å²) in [5, 5.41) is 3.69. The van der Waals surface area contributed by atoms with Gasteiger partial charge in [-0.1, -0.05) is 32.6 Å². The van der Waals surface area contributed by atoms with Crippen LogP contribution in [0.1, 0.15) is 92.9 Å². The highest BCUT2D eigenvalue weighted by Crippen LogP contribution is 2.49. The molecule has 0 aromatic carbocycles. The third-order valence-electron chi connectivity index (χ3n) is 6.29. The van der Waals surface area contributed by atoms with E-state index in [1.165, 1.54) is 25.7 Å². The molecule has 156 valence electrons. The standard InChI is InChI=1S/C22H40N2O3/c1-7-8-9-10-11-12-21(6)24(13-17-14-26-17)18(25)22(27-21)15-19(2,3)23-20(4,5)16-22/h17,23H,7-16H2,1-6H3. The van der Waals surface area contributed by atoms with Crippen molar-refractivity contribution in [2.75, 3.05) is 13.2 Å². The lowest BCUT2D eigenvalue weighted by atomic mass is 9.72. The molecule has 3 aliphatic rings. The number of ether oxygens (including phenoxy) is 2. The second-order valence-electron chi connectivity index (χ2n) is 10.6. The van der Waals surface area contributed by atoms with Crippen molar-refractivity contribution in [1.29, 1.82) is 0 Å². The van der Waals surface area contributed by atoms with Crippen molar-refractivity contribution in [2.24, 2.45) is 0 Å². The number of nitrogens with zero attached hydrogens (tertiary/aromatic N) is 1. The second-order valence-corrected chi connectivity index (χ2v) is 10.6. The summed E-state index contributed by atoms with van der Waals surface area (Å²) < 4.78 is 12.3. The Morgan fingerprint density at radius 3 is 2.19 bits per heavy atom. The van der Waals surface area contributed by atoms with Crippen LogP contribution in [0, 0.1) is 0 Å². The van der Waals surface area contributed by atoms with Crippen LogP contribution in [0.5, 0.6) is 0 Å². The normalized spacial score (nSPS) is 33.6. The minimum Gasteiger partial charge on any atom is -0.371 e. The molecule has 0 aliphatic carbocycles. The first-order valence-corrected chi connectivity index (χ1v) is 10.9. The number of epoxide rings is 1. The fraction of sp³-hybridized carbons (Fsp3) is 0.955. The number of nitrogens with one attached hydrogen (secondary N) is 1. The molecule has 3 fully saturated rings. The Morgan fingerprint density at radius 2 is 1.63 bits per heavy atom. The van der Waals surface area contributed by atoms with Gasteiger partial charge in [-0.15, -0.1) is 0 Å². The van der Waals surface area contributed by atoms with E-state index in [1.54, 1.807) is 0 Å². The molecular weight excluding hydrogens is 340 g/mol. The van der Waals surface area contributed by atoms with Crippen LogP contribution in [0.25, 0.3) is 0 Å². The zero-order chi connectivity index (χ0) is 19.9. The van der Waals surface area contributed by atoms with Gasteiger partial charge in [0.2, 0.25) is 0 Å². The van der Waals surface area contributed by atoms with Gasteiger partial charge in [-0.05, 0) is 47.5 Å². The second kappa shape index (κ2) is 7.31. The SMILES string of the molecule is CCCCCCCC1(C)OC2(CC(C)(C)NC(C)(C)C2)C(=O)N1CC1CO1. The molecule has 5 nitrogen and oxygen atoms in total. The average molecular weight is 381 g/mol. The third kappa shape index (κ3) is 4.68. The Morgan fingerprint density at radius 1 is 1.04 bits per heavy atom. The number of carbonyl (C=O) groups is 1. The van der Waals surface area contributed by atoms with Gasteiger partial charge in [0.25, 0.3) is 5.91 Å². The van der Waals surface area contributed by atoms with E-state index in [0.29, 0.717) is 6.54 Å². The van der Waals surface area contributed by atoms with Gasteiger partial charge in [-0.3, -0.25) is 4.79 Å². The molecule has 0 aromatic heterocycles. The molecule has 27 heavy (non-hydrogen) atoms. The van der Waals surface area contributed by atoms with Crippen LogP contribution >= 0.6 is 0 Å². The summed E-state index contributed by atoms with van der Waals surface area (Å²) in [4.78, 5) is 15.7. The molecular formula is C22H40N2O3. The first-order chi connectivity index (χ1) is 12.5. The molecule has 1 spiro atoms. The molecule has 3 rings (SSSR count). The first-order valence-electron chi connectivity index (χ1n) is 10.9. The zero-order valence-electron chi connectivity index (χ0n) is 18.3. The minimum absolute atomic E-state index is 0.133. The Hall–Kier alpha value is -0.650. The fourth-order valence-corrected chi connectivity index (χ4v) is 5.59. The highest BCUT2D eigenvalue weighted by Gasteiger charge is 2.63. The first kappa shape index (κ1) is 21.1. The lowest BCUT2D eigenvalue weighted by Crippen LogP contribution is -2.65. The van der Waals surface area contributed by atoms with Crippen molar-refractivity contribution in [2.45, 2.75) is 121 Å². The topological polar surface area (TPSA) is 54.1 Å². The predicted octanol–water partition coefficient (Wildman–Crippen LogP) is 4.00. The molecule has 2 unspecified atom stereocenters. The Balaban J connectivity index is 1.79. The summed E-state index contributed by atoms with van der Waals surface area (Å²) in [5.41, 5.74) is -1.50. The molecule has 0 saturated carbocycles. The van der Waals surface area contributed by atoms with Gasteiger partial charge < -0.3 is 19.7 Å². The molecule has 3 saturated heterocycles. The Labute approximate surface area is 165 Å². The Kier molecular flexibility index (Phi) is 5.70. The molecule has 0 bridgehead atoms. The summed E-state index contributed by atoms with van der Waals surface area (Å²) in [6.45, 7) is 14.5. The number of rotatable bonds is 8. The summed E-state index contributed by atoms with van der Waals surface area (Å²) >= 11 is 0. The van der Waals surface area contributed by atoms with Gasteiger partial charge in [-0.2, -0.15) is 0 Å². The van der Waals surface area contributed by atoms with E-state index in [1.807, 2.05) is 4.90 Å². The zero-order valence-corrected chi connectivity index (χ0v) is 18.3. The number of carbonyl (C=O) groups excluding carboxylic acids is 1. The largest absolute Gasteiger partial charge is 0.371 e. The van der Waals surface area contributed by atoms with Crippen molar-refractivity contribution in [1.82, 2.24) is 10.2 Å². The van der Waals surface area contributed by atoms with Crippen LogP contribution in [0.4, 0.5) is 0 Å². The van der Waals surface area contributed by atoms with Crippen molar-refractivity contribution in [3.8, 4) is 0 Å². The molecule has 0 aromatic rings. The van der Waals surface area contributed by atoms with E-state index in [9.17, 15) is 4.79 Å². The molecule has 1 amide bonds. The molecule has 1 N–H and O–H groups in total. The highest BCUT2D eigenvalue weighted by atomic mass is 16.6. The van der Waals surface area contributed by atoms with Crippen LogP contribution in [0.15, 0.2) is 0 Å². The van der Waals surface area contributed by atoms with E-state index in [2.05, 4.69) is 46.9 Å². The van der Waals surface area contributed by atoms with E-state index < -0.39 is 11.3 Å². The number of hydrogen-bond acceptors (Lipinski definition) is 4. The molecule has 0 radical (unpaired) electrons. The van der Waals surface area contributed by atoms with Crippen LogP contribution in [-0.2, 0) is 14.3 Å². The van der Waals surface area contributed by atoms with Crippen LogP contribution in [0.3, 0.4) is 0 Å². The van der Waals surface area contributed by atoms with E-state index in [-0.39, 0.29) is 23.1 Å². The van der Waals surface area contributed by atoms with Crippen molar-refractivity contribution < 1.29 is 14.3 Å². The van der Waals surface area contributed by atoms with Gasteiger partial charge >= 0.3 is 0 Å². The Bertz CT molecular complexity index is 540. The summed E-state index contributed by atoms with van der Waals surface area (Å²) in [6.07, 6.45) is 8.65. The van der Waals surface area contributed by atoms with Crippen molar-refractivity contribution in [3.05, 3.63) is 0 Å². The van der Waals surface area contributed by atoms with E-state index in [4.69, 9.17) is 9.47 Å². The van der Waals surface area contributed by atoms with Crippen LogP contribution in [0.2, 0.25) is 0 Å². The van der Waals surface area contributed by atoms with Crippen molar-refractivity contribution >= 4 is 5.91 Å². The van der Waals surface area contributed by atoms with Crippen LogP contribution in [-0.4, -0.2) is 52.5 Å². The predicted molar refractivity (Wildman–Crippen MR) is 108 cm³/mol. The van der Waals surface area contributed by atoms with Gasteiger partial charge in [-0.25, -0.2) is 0 Å². The smallest absolute Gasteiger partial charge is 0.257 e. The highest BCUT2D eigenvalue weighted by molar-refractivity contribution is 5.88.